The van der Waals surface area contributed by atoms with E-state index < -0.39 is 0 Å². The van der Waals surface area contributed by atoms with Crippen molar-refractivity contribution in [2.24, 2.45) is 5.92 Å². The summed E-state index contributed by atoms with van der Waals surface area (Å²) in [5, 5.41) is 8.34. The van der Waals surface area contributed by atoms with Crippen LogP contribution in [0.5, 0.6) is 0 Å². The van der Waals surface area contributed by atoms with E-state index in [-0.39, 0.29) is 38.8 Å². The Hall–Kier alpha value is 1.02. The molecule has 1 N–H and O–H groups in total. The molecule has 0 bridgehead atoms. The van der Waals surface area contributed by atoms with Gasteiger partial charge in [-0.05, 0) is 25.2 Å². The van der Waals surface area contributed by atoms with E-state index in [1.54, 1.807) is 0 Å². The topological polar surface area (TPSA) is 29.5 Å². The Balaban J connectivity index is 0.000001000. The monoisotopic (exact) mass is 232 g/mol. The molecule has 0 aromatic carbocycles. The summed E-state index contributed by atoms with van der Waals surface area (Å²) >= 11 is 0. The summed E-state index contributed by atoms with van der Waals surface area (Å²) in [5.41, 5.74) is 0. The summed E-state index contributed by atoms with van der Waals surface area (Å²) in [5.74, 6) is 0.745. The largest absolute Gasteiger partial charge is 0.343 e. The zero-order valence-electron chi connectivity index (χ0n) is 6.83. The van der Waals surface area contributed by atoms with Crippen LogP contribution in [0.3, 0.4) is 0 Å². The zero-order valence-corrected chi connectivity index (χ0v) is 9.67. The van der Waals surface area contributed by atoms with Crippen LogP contribution in [0.25, 0.3) is 0 Å². The average molecular weight is 232 g/mol. The molecule has 0 aromatic heterocycles. The van der Waals surface area contributed by atoms with E-state index in [4.69, 9.17) is 5.26 Å². The van der Waals surface area contributed by atoms with Crippen LogP contribution in [0.2, 0.25) is 0 Å². The zero-order chi connectivity index (χ0) is 7.40. The van der Waals surface area contributed by atoms with E-state index in [9.17, 15) is 0 Å². The van der Waals surface area contributed by atoms with Gasteiger partial charge in [0.15, 0.2) is 0 Å². The molecule has 0 saturated heterocycles. The van der Waals surface area contributed by atoms with Gasteiger partial charge in [-0.25, -0.2) is 4.89 Å². The van der Waals surface area contributed by atoms with Crippen molar-refractivity contribution in [3.8, 4) is 0 Å². The Morgan fingerprint density at radius 2 is 2.18 bits per heavy atom. The van der Waals surface area contributed by atoms with Crippen molar-refractivity contribution in [1.29, 1.82) is 0 Å². The maximum Gasteiger partial charge on any atom is 0.0930 e. The minimum absolute atomic E-state index is 0. The van der Waals surface area contributed by atoms with E-state index in [1.807, 2.05) is 0 Å². The molecule has 1 radical (unpaired) electrons. The van der Waals surface area contributed by atoms with Gasteiger partial charge in [0.1, 0.15) is 0 Å². The van der Waals surface area contributed by atoms with Gasteiger partial charge in [-0.2, -0.15) is 6.42 Å². The van der Waals surface area contributed by atoms with Gasteiger partial charge in [0, 0.05) is 32.7 Å². The minimum atomic E-state index is 0. The summed E-state index contributed by atoms with van der Waals surface area (Å²) in [7, 11) is 0. The Kier molecular flexibility index (Phi) is 7.14. The number of rotatable bonds is 3. The van der Waals surface area contributed by atoms with Gasteiger partial charge in [0.05, 0.1) is 6.10 Å². The van der Waals surface area contributed by atoms with Gasteiger partial charge < -0.3 is 6.92 Å². The molecule has 11 heavy (non-hydrogen) atoms. The predicted octanol–water partition coefficient (Wildman–Crippen LogP) is 2.26. The van der Waals surface area contributed by atoms with E-state index in [0.29, 0.717) is 0 Å². The van der Waals surface area contributed by atoms with Gasteiger partial charge in [-0.15, -0.1) is 0 Å². The van der Waals surface area contributed by atoms with Crippen LogP contribution in [0.15, 0.2) is 0 Å². The van der Waals surface area contributed by atoms with Crippen LogP contribution in [-0.4, -0.2) is 11.4 Å². The molecular weight excluding hydrogens is 217 g/mol. The van der Waals surface area contributed by atoms with Crippen molar-refractivity contribution in [1.82, 2.24) is 0 Å². The van der Waals surface area contributed by atoms with Gasteiger partial charge in [0.25, 0.3) is 0 Å². The summed E-state index contributed by atoms with van der Waals surface area (Å²) in [6.07, 6.45) is 5.52. The smallest absolute Gasteiger partial charge is 0.0930 e. The van der Waals surface area contributed by atoms with Gasteiger partial charge in [0.2, 0.25) is 0 Å². The van der Waals surface area contributed by atoms with Gasteiger partial charge in [-0.3, -0.25) is 5.26 Å². The quantitative estimate of drug-likeness (QED) is 0.459. The standard InChI is InChI=1S/C8H15O2.Y/c1-2-3-7-4-5-8(6-7)10-9;/h7-9H,1-6H2;/q-1;. The molecule has 0 spiro atoms. The first kappa shape index (κ1) is 12.0. The first-order chi connectivity index (χ1) is 4.86. The fraction of sp³-hybridized carbons (Fsp3) is 0.875. The molecule has 1 saturated carbocycles. The normalized spacial score (nSPS) is 30.0. The SMILES string of the molecule is [CH2-]CCC1CCC(OO)C1.[Y]. The molecule has 1 aliphatic carbocycles. The maximum absolute atomic E-state index is 8.34. The molecule has 3 heteroatoms. The van der Waals surface area contributed by atoms with Crippen LogP contribution in [0.1, 0.15) is 32.1 Å². The van der Waals surface area contributed by atoms with Crippen molar-refractivity contribution in [3.05, 3.63) is 6.92 Å². The Morgan fingerprint density at radius 3 is 2.64 bits per heavy atom. The first-order valence-corrected chi connectivity index (χ1v) is 3.96. The van der Waals surface area contributed by atoms with Crippen molar-refractivity contribution in [3.63, 3.8) is 0 Å². The van der Waals surface area contributed by atoms with Crippen molar-refractivity contribution in [2.75, 3.05) is 0 Å². The molecule has 2 unspecified atom stereocenters. The third-order valence-electron chi connectivity index (χ3n) is 2.25. The Bertz CT molecular complexity index is 98.1. The Morgan fingerprint density at radius 1 is 1.45 bits per heavy atom. The maximum atomic E-state index is 8.34. The molecule has 0 aliphatic heterocycles. The molecule has 2 nitrogen and oxygen atoms in total. The van der Waals surface area contributed by atoms with Gasteiger partial charge >= 0.3 is 0 Å². The Labute approximate surface area is 93.5 Å². The molecule has 0 heterocycles. The van der Waals surface area contributed by atoms with Crippen molar-refractivity contribution >= 4 is 0 Å². The summed E-state index contributed by atoms with van der Waals surface area (Å²) in [4.78, 5) is 4.27. The minimum Gasteiger partial charge on any atom is -0.343 e. The van der Waals surface area contributed by atoms with E-state index in [0.717, 1.165) is 25.2 Å². The van der Waals surface area contributed by atoms with E-state index >= 15 is 0 Å². The van der Waals surface area contributed by atoms with Crippen LogP contribution >= 0.6 is 0 Å². The van der Waals surface area contributed by atoms with Crippen molar-refractivity contribution < 1.29 is 42.9 Å². The van der Waals surface area contributed by atoms with Crippen LogP contribution < -0.4 is 0 Å². The van der Waals surface area contributed by atoms with Crippen LogP contribution in [0, 0.1) is 12.8 Å². The summed E-state index contributed by atoms with van der Waals surface area (Å²) in [6.45, 7) is 3.80. The second-order valence-corrected chi connectivity index (χ2v) is 3.05. The molecule has 0 aromatic rings. The molecule has 1 aliphatic rings. The second-order valence-electron chi connectivity index (χ2n) is 3.05. The summed E-state index contributed by atoms with van der Waals surface area (Å²) < 4.78 is 0. The van der Waals surface area contributed by atoms with Crippen LogP contribution in [0.4, 0.5) is 0 Å². The molecule has 2 atom stereocenters. The number of hydrogen-bond acceptors (Lipinski definition) is 2. The molecule has 0 amide bonds. The van der Waals surface area contributed by atoms with E-state index in [1.165, 1.54) is 12.8 Å². The van der Waals surface area contributed by atoms with Crippen LogP contribution in [-0.2, 0) is 37.6 Å². The molecular formula is C8H15O2Y-. The summed E-state index contributed by atoms with van der Waals surface area (Å²) in [6, 6.07) is 0. The fourth-order valence-corrected chi connectivity index (χ4v) is 1.68. The molecule has 63 valence electrons. The van der Waals surface area contributed by atoms with E-state index in [2.05, 4.69) is 11.8 Å². The third-order valence-corrected chi connectivity index (χ3v) is 2.25. The second kappa shape index (κ2) is 6.53. The fourth-order valence-electron chi connectivity index (χ4n) is 1.68. The molecule has 1 fully saturated rings. The first-order valence-electron chi connectivity index (χ1n) is 3.96. The predicted molar refractivity (Wildman–Crippen MR) is 39.4 cm³/mol. The van der Waals surface area contributed by atoms with Crippen molar-refractivity contribution in [2.45, 2.75) is 38.2 Å². The number of hydrogen-bond donors (Lipinski definition) is 1. The molecule has 1 rings (SSSR count). The third kappa shape index (κ3) is 3.98. The van der Waals surface area contributed by atoms with Gasteiger partial charge in [-0.1, -0.05) is 6.42 Å². The average Bonchev–Trinajstić information content (AvgIpc) is 2.37.